The smallest absolute Gasteiger partial charge is 0.242 e. The van der Waals surface area contributed by atoms with Crippen LogP contribution in [0.1, 0.15) is 52.4 Å². The molecule has 1 rings (SSSR count). The maximum atomic E-state index is 11.9. The molecule has 0 saturated heterocycles. The highest BCUT2D eigenvalue weighted by Gasteiger charge is 2.23. The van der Waals surface area contributed by atoms with Gasteiger partial charge < -0.3 is 16.4 Å². The van der Waals surface area contributed by atoms with E-state index in [0.717, 1.165) is 38.6 Å². The predicted molar refractivity (Wildman–Crippen MR) is 80.0 cm³/mol. The molecule has 116 valence electrons. The third-order valence-corrected chi connectivity index (χ3v) is 4.09. The topological polar surface area (TPSA) is 84.2 Å². The van der Waals surface area contributed by atoms with Gasteiger partial charge >= 0.3 is 0 Å². The van der Waals surface area contributed by atoms with E-state index in [2.05, 4.69) is 10.6 Å². The molecule has 0 aliphatic heterocycles. The molecule has 0 spiro atoms. The Kier molecular flexibility index (Phi) is 7.59. The van der Waals surface area contributed by atoms with E-state index in [9.17, 15) is 9.59 Å². The summed E-state index contributed by atoms with van der Waals surface area (Å²) in [5.41, 5.74) is 5.67. The molecule has 5 nitrogen and oxygen atoms in total. The molecular weight excluding hydrogens is 254 g/mol. The zero-order valence-corrected chi connectivity index (χ0v) is 12.8. The second-order valence-electron chi connectivity index (χ2n) is 5.91. The fourth-order valence-corrected chi connectivity index (χ4v) is 2.70. The molecule has 1 fully saturated rings. The lowest BCUT2D eigenvalue weighted by Gasteiger charge is -2.27. The van der Waals surface area contributed by atoms with Gasteiger partial charge in [0.2, 0.25) is 11.8 Å². The molecule has 1 unspecified atom stereocenters. The zero-order chi connectivity index (χ0) is 15.0. The van der Waals surface area contributed by atoms with Gasteiger partial charge in [0, 0.05) is 13.0 Å². The second-order valence-corrected chi connectivity index (χ2v) is 5.91. The largest absolute Gasteiger partial charge is 0.354 e. The molecule has 1 saturated carbocycles. The van der Waals surface area contributed by atoms with Gasteiger partial charge in [-0.25, -0.2) is 0 Å². The Hall–Kier alpha value is -1.10. The van der Waals surface area contributed by atoms with Crippen molar-refractivity contribution >= 4 is 11.8 Å². The number of hydrogen-bond acceptors (Lipinski definition) is 3. The van der Waals surface area contributed by atoms with E-state index in [-0.39, 0.29) is 11.8 Å². The second kappa shape index (κ2) is 8.95. The van der Waals surface area contributed by atoms with E-state index in [1.54, 1.807) is 6.92 Å². The first-order valence-corrected chi connectivity index (χ1v) is 7.83. The fraction of sp³-hybridized carbons (Fsp3) is 0.867. The lowest BCUT2D eigenvalue weighted by Crippen LogP contribution is -2.45. The molecule has 0 radical (unpaired) electrons. The molecule has 2 amide bonds. The van der Waals surface area contributed by atoms with Crippen LogP contribution in [0.15, 0.2) is 0 Å². The summed E-state index contributed by atoms with van der Waals surface area (Å²) in [6, 6.07) is -0.450. The molecule has 5 heteroatoms. The first-order chi connectivity index (χ1) is 9.56. The third-order valence-electron chi connectivity index (χ3n) is 4.09. The number of rotatable bonds is 7. The standard InChI is InChI=1S/C15H29N3O2/c1-3-8-17-15(20)11(2)18-14(19)9-12-4-6-13(10-16)7-5-12/h11-13H,3-10,16H2,1-2H3,(H,17,20)(H,18,19). The number of nitrogens with two attached hydrogens (primary N) is 1. The van der Waals surface area contributed by atoms with Gasteiger partial charge in [-0.05, 0) is 57.4 Å². The van der Waals surface area contributed by atoms with Gasteiger partial charge in [-0.3, -0.25) is 9.59 Å². The van der Waals surface area contributed by atoms with Crippen LogP contribution in [0.25, 0.3) is 0 Å². The normalized spacial score (nSPS) is 23.9. The van der Waals surface area contributed by atoms with Crippen molar-refractivity contribution in [2.45, 2.75) is 58.4 Å². The average Bonchev–Trinajstić information content (AvgIpc) is 2.45. The Labute approximate surface area is 122 Å². The summed E-state index contributed by atoms with van der Waals surface area (Å²) >= 11 is 0. The van der Waals surface area contributed by atoms with Crippen molar-refractivity contribution in [1.82, 2.24) is 10.6 Å². The molecule has 1 atom stereocenters. The summed E-state index contributed by atoms with van der Waals surface area (Å²) in [5, 5.41) is 5.57. The minimum atomic E-state index is -0.450. The van der Waals surface area contributed by atoms with Gasteiger partial charge in [-0.15, -0.1) is 0 Å². The minimum absolute atomic E-state index is 0.0136. The third kappa shape index (κ3) is 5.90. The molecule has 4 N–H and O–H groups in total. The average molecular weight is 283 g/mol. The summed E-state index contributed by atoms with van der Waals surface area (Å²) in [6.45, 7) is 5.14. The molecule has 20 heavy (non-hydrogen) atoms. The highest BCUT2D eigenvalue weighted by Crippen LogP contribution is 2.30. The van der Waals surface area contributed by atoms with Crippen LogP contribution in [0.2, 0.25) is 0 Å². The highest BCUT2D eigenvalue weighted by molar-refractivity contribution is 5.87. The molecule has 0 aromatic carbocycles. The molecule has 0 heterocycles. The van der Waals surface area contributed by atoms with Crippen molar-refractivity contribution in [3.05, 3.63) is 0 Å². The minimum Gasteiger partial charge on any atom is -0.354 e. The lowest BCUT2D eigenvalue weighted by molar-refractivity contribution is -0.129. The summed E-state index contributed by atoms with van der Waals surface area (Å²) in [5.74, 6) is 0.962. The van der Waals surface area contributed by atoms with Gasteiger partial charge in [0.25, 0.3) is 0 Å². The van der Waals surface area contributed by atoms with Crippen LogP contribution in [-0.4, -0.2) is 30.9 Å². The summed E-state index contributed by atoms with van der Waals surface area (Å²) in [6.07, 6.45) is 5.83. The SMILES string of the molecule is CCCNC(=O)C(C)NC(=O)CC1CCC(CN)CC1. The zero-order valence-electron chi connectivity index (χ0n) is 12.8. The Bertz CT molecular complexity index is 312. The van der Waals surface area contributed by atoms with Gasteiger partial charge in [0.15, 0.2) is 0 Å². The van der Waals surface area contributed by atoms with Gasteiger partial charge in [0.05, 0.1) is 0 Å². The van der Waals surface area contributed by atoms with E-state index in [1.165, 1.54) is 0 Å². The fourth-order valence-electron chi connectivity index (χ4n) is 2.70. The van der Waals surface area contributed by atoms with E-state index in [1.807, 2.05) is 6.92 Å². The van der Waals surface area contributed by atoms with Gasteiger partial charge in [-0.2, -0.15) is 0 Å². The van der Waals surface area contributed by atoms with Gasteiger partial charge in [0.1, 0.15) is 6.04 Å². The Morgan fingerprint density at radius 2 is 1.80 bits per heavy atom. The van der Waals surface area contributed by atoms with Crippen molar-refractivity contribution in [3.8, 4) is 0 Å². The molecule has 1 aliphatic rings. The van der Waals surface area contributed by atoms with Crippen LogP contribution in [0, 0.1) is 11.8 Å². The maximum absolute atomic E-state index is 11.9. The summed E-state index contributed by atoms with van der Waals surface area (Å²) in [4.78, 5) is 23.6. The van der Waals surface area contributed by atoms with Crippen molar-refractivity contribution in [2.75, 3.05) is 13.1 Å². The molecule has 1 aliphatic carbocycles. The monoisotopic (exact) mass is 283 g/mol. The molecular formula is C15H29N3O2. The molecule has 0 aromatic rings. The number of carbonyl (C=O) groups excluding carboxylic acids is 2. The quantitative estimate of drug-likeness (QED) is 0.656. The summed E-state index contributed by atoms with van der Waals surface area (Å²) in [7, 11) is 0. The van der Waals surface area contributed by atoms with Crippen LogP contribution >= 0.6 is 0 Å². The Balaban J connectivity index is 2.24. The lowest BCUT2D eigenvalue weighted by atomic mass is 9.80. The van der Waals surface area contributed by atoms with E-state index in [4.69, 9.17) is 5.73 Å². The Morgan fingerprint density at radius 3 is 2.35 bits per heavy atom. The van der Waals surface area contributed by atoms with Crippen LogP contribution in [0.5, 0.6) is 0 Å². The Morgan fingerprint density at radius 1 is 1.20 bits per heavy atom. The van der Waals surface area contributed by atoms with Crippen LogP contribution in [0.3, 0.4) is 0 Å². The number of amides is 2. The van der Waals surface area contributed by atoms with Crippen LogP contribution in [0.4, 0.5) is 0 Å². The first kappa shape index (κ1) is 17.0. The number of hydrogen-bond donors (Lipinski definition) is 3. The van der Waals surface area contributed by atoms with Crippen molar-refractivity contribution in [3.63, 3.8) is 0 Å². The van der Waals surface area contributed by atoms with Crippen molar-refractivity contribution in [2.24, 2.45) is 17.6 Å². The van der Waals surface area contributed by atoms with Crippen molar-refractivity contribution < 1.29 is 9.59 Å². The summed E-state index contributed by atoms with van der Waals surface area (Å²) < 4.78 is 0. The maximum Gasteiger partial charge on any atom is 0.242 e. The first-order valence-electron chi connectivity index (χ1n) is 7.83. The number of nitrogens with one attached hydrogen (secondary N) is 2. The molecule has 0 bridgehead atoms. The van der Waals surface area contributed by atoms with E-state index >= 15 is 0 Å². The molecule has 0 aromatic heterocycles. The van der Waals surface area contributed by atoms with Crippen LogP contribution in [-0.2, 0) is 9.59 Å². The van der Waals surface area contributed by atoms with Crippen LogP contribution < -0.4 is 16.4 Å². The van der Waals surface area contributed by atoms with E-state index in [0.29, 0.717) is 24.8 Å². The van der Waals surface area contributed by atoms with Gasteiger partial charge in [-0.1, -0.05) is 6.92 Å². The predicted octanol–water partition coefficient (Wildman–Crippen LogP) is 1.17. The highest BCUT2D eigenvalue weighted by atomic mass is 16.2. The number of carbonyl (C=O) groups is 2. The van der Waals surface area contributed by atoms with Crippen molar-refractivity contribution in [1.29, 1.82) is 0 Å². The van der Waals surface area contributed by atoms with E-state index < -0.39 is 6.04 Å².